The number of ether oxygens (including phenoxy) is 1. The lowest BCUT2D eigenvalue weighted by molar-refractivity contribution is 0.304. The minimum Gasteiger partial charge on any atom is -0.494 e. The van der Waals surface area contributed by atoms with Gasteiger partial charge in [0.2, 0.25) is 0 Å². The lowest BCUT2D eigenvalue weighted by Crippen LogP contribution is -2.27. The second-order valence-electron chi connectivity index (χ2n) is 8.06. The van der Waals surface area contributed by atoms with Crippen molar-refractivity contribution in [3.05, 3.63) is 61.1 Å². The van der Waals surface area contributed by atoms with Crippen molar-refractivity contribution in [3.63, 3.8) is 0 Å². The van der Waals surface area contributed by atoms with Gasteiger partial charge in [-0.3, -0.25) is 0 Å². The molecular weight excluding hydrogens is 502 g/mol. The average Bonchev–Trinajstić information content (AvgIpc) is 3.06. The molecule has 0 radical (unpaired) electrons. The summed E-state index contributed by atoms with van der Waals surface area (Å²) < 4.78 is 10.8. The smallest absolute Gasteiger partial charge is 0.119 e. The van der Waals surface area contributed by atoms with E-state index in [0.717, 1.165) is 31.6 Å². The zero-order valence-corrected chi connectivity index (χ0v) is 20.8. The predicted molar refractivity (Wildman–Crippen MR) is 135 cm³/mol. The fraction of sp³-hybridized carbons (Fsp3) is 0.385. The lowest BCUT2D eigenvalue weighted by atomic mass is 10.0. The lowest BCUT2D eigenvalue weighted by Gasteiger charge is -2.11. The quantitative estimate of drug-likeness (QED) is 0.327. The summed E-state index contributed by atoms with van der Waals surface area (Å²) in [6.45, 7) is 3.06. The molecule has 1 aromatic heterocycles. The molecule has 0 spiro atoms. The Kier molecular flexibility index (Phi) is 7.37. The van der Waals surface area contributed by atoms with Crippen LogP contribution in [0.5, 0.6) is 5.75 Å². The molecule has 2 aliphatic carbocycles. The zero-order valence-electron chi connectivity index (χ0n) is 17.6. The Morgan fingerprint density at radius 3 is 2.47 bits per heavy atom. The summed E-state index contributed by atoms with van der Waals surface area (Å²) in [5, 5.41) is 2.56. The molecule has 0 bridgehead atoms. The molecule has 2 aromatic rings. The number of allylic oxidation sites excluding steroid dienone is 3. The first-order chi connectivity index (χ1) is 14.7. The van der Waals surface area contributed by atoms with Crippen LogP contribution < -0.4 is 15.4 Å². The molecule has 0 saturated heterocycles. The van der Waals surface area contributed by atoms with E-state index in [-0.39, 0.29) is 0 Å². The molecular formula is C26H29Br2NO. The van der Waals surface area contributed by atoms with Gasteiger partial charge < -0.3 is 9.30 Å². The van der Waals surface area contributed by atoms with Gasteiger partial charge in [-0.25, -0.2) is 0 Å². The van der Waals surface area contributed by atoms with Crippen LogP contribution >= 0.6 is 31.9 Å². The Morgan fingerprint density at radius 1 is 0.900 bits per heavy atom. The number of nitrogens with zero attached hydrogens (tertiary/aromatic N) is 1. The Morgan fingerprint density at radius 2 is 1.67 bits per heavy atom. The Hall–Kier alpha value is -1.52. The number of benzene rings is 1. The minimum absolute atomic E-state index is 0.805. The van der Waals surface area contributed by atoms with E-state index in [1.54, 1.807) is 0 Å². The molecule has 1 heterocycles. The van der Waals surface area contributed by atoms with E-state index in [1.165, 1.54) is 68.6 Å². The third-order valence-electron chi connectivity index (χ3n) is 5.81. The summed E-state index contributed by atoms with van der Waals surface area (Å²) in [6.07, 6.45) is 18.6. The second kappa shape index (κ2) is 10.2. The van der Waals surface area contributed by atoms with E-state index < -0.39 is 0 Å². The van der Waals surface area contributed by atoms with E-state index in [1.807, 2.05) is 0 Å². The molecule has 0 N–H and O–H groups in total. The van der Waals surface area contributed by atoms with E-state index in [2.05, 4.69) is 91.9 Å². The molecule has 2 aliphatic rings. The van der Waals surface area contributed by atoms with Gasteiger partial charge in [-0.1, -0.05) is 77.0 Å². The van der Waals surface area contributed by atoms with Crippen molar-refractivity contribution in [1.82, 2.24) is 4.57 Å². The maximum atomic E-state index is 5.98. The van der Waals surface area contributed by atoms with Gasteiger partial charge in [-0.05, 0) is 69.9 Å². The number of hydrogen-bond donors (Lipinski definition) is 0. The van der Waals surface area contributed by atoms with Gasteiger partial charge in [-0.2, -0.15) is 0 Å². The van der Waals surface area contributed by atoms with Gasteiger partial charge in [0.1, 0.15) is 5.75 Å². The number of aromatic nitrogens is 1. The third kappa shape index (κ3) is 4.86. The molecule has 0 saturated carbocycles. The summed E-state index contributed by atoms with van der Waals surface area (Å²) in [7, 11) is 0. The van der Waals surface area contributed by atoms with Crippen LogP contribution in [0.25, 0.3) is 23.9 Å². The number of fused-ring (bicyclic) bond motifs is 3. The summed E-state index contributed by atoms with van der Waals surface area (Å²) in [5.41, 5.74) is 3.90. The van der Waals surface area contributed by atoms with Crippen LogP contribution in [0.4, 0.5) is 0 Å². The summed E-state index contributed by atoms with van der Waals surface area (Å²) in [5.74, 6) is 0.959. The fourth-order valence-corrected chi connectivity index (χ4v) is 5.05. The Balaban J connectivity index is 1.51. The van der Waals surface area contributed by atoms with Crippen molar-refractivity contribution in [2.24, 2.45) is 0 Å². The number of hydrogen-bond acceptors (Lipinski definition) is 1. The molecule has 4 rings (SSSR count). The van der Waals surface area contributed by atoms with Gasteiger partial charge in [-0.15, -0.1) is 0 Å². The van der Waals surface area contributed by atoms with Crippen molar-refractivity contribution in [1.29, 1.82) is 0 Å². The van der Waals surface area contributed by atoms with Gasteiger partial charge in [0.15, 0.2) is 0 Å². The van der Waals surface area contributed by atoms with Gasteiger partial charge in [0.25, 0.3) is 0 Å². The monoisotopic (exact) mass is 529 g/mol. The van der Waals surface area contributed by atoms with Gasteiger partial charge >= 0.3 is 0 Å². The first-order valence-electron chi connectivity index (χ1n) is 11.1. The van der Waals surface area contributed by atoms with Crippen molar-refractivity contribution < 1.29 is 4.74 Å². The highest BCUT2D eigenvalue weighted by atomic mass is 79.9. The van der Waals surface area contributed by atoms with Crippen LogP contribution in [0.2, 0.25) is 0 Å². The minimum atomic E-state index is 0.805. The highest BCUT2D eigenvalue weighted by Crippen LogP contribution is 2.25. The largest absolute Gasteiger partial charge is 0.494 e. The maximum absolute atomic E-state index is 5.98. The fourth-order valence-electron chi connectivity index (χ4n) is 4.25. The summed E-state index contributed by atoms with van der Waals surface area (Å²) in [4.78, 5) is 0. The molecule has 2 nitrogen and oxygen atoms in total. The molecule has 0 unspecified atom stereocenters. The number of rotatable bonds is 9. The van der Waals surface area contributed by atoms with Gasteiger partial charge in [0.05, 0.1) is 17.3 Å². The predicted octanol–water partition coefficient (Wildman–Crippen LogP) is 6.75. The normalized spacial score (nSPS) is 14.8. The van der Waals surface area contributed by atoms with Crippen LogP contribution in [-0.2, 0) is 6.42 Å². The Labute approximate surface area is 196 Å². The molecule has 0 fully saturated rings. The molecule has 30 heavy (non-hydrogen) atoms. The van der Waals surface area contributed by atoms with Crippen molar-refractivity contribution >= 4 is 50.1 Å². The van der Waals surface area contributed by atoms with E-state index in [9.17, 15) is 0 Å². The van der Waals surface area contributed by atoms with Crippen LogP contribution in [0.1, 0.15) is 63.0 Å². The molecule has 4 heteroatoms. The standard InChI is InChI=1S/C26H29Br2NO/c1-2-3-4-5-6-7-16-30-22-12-10-21(11-13-22)29-25-14-8-19(27)17-23(25)24-18-20(28)9-15-26(24)29/h8,10-15,18H,2-7,9,16-17H2,1H3. The topological polar surface area (TPSA) is 14.2 Å². The van der Waals surface area contributed by atoms with Crippen molar-refractivity contribution in [2.75, 3.05) is 6.61 Å². The van der Waals surface area contributed by atoms with Crippen LogP contribution in [-0.4, -0.2) is 11.2 Å². The number of halogens is 2. The van der Waals surface area contributed by atoms with E-state index in [0.29, 0.717) is 0 Å². The van der Waals surface area contributed by atoms with Crippen LogP contribution in [0, 0.1) is 0 Å². The van der Waals surface area contributed by atoms with Crippen LogP contribution in [0.15, 0.2) is 39.3 Å². The third-order valence-corrected chi connectivity index (χ3v) is 6.91. The molecule has 0 amide bonds. The maximum Gasteiger partial charge on any atom is 0.119 e. The molecule has 0 atom stereocenters. The second-order valence-corrected chi connectivity index (χ2v) is 10.1. The first-order valence-corrected chi connectivity index (χ1v) is 12.7. The molecule has 1 aromatic carbocycles. The van der Waals surface area contributed by atoms with Gasteiger partial charge in [0, 0.05) is 17.7 Å². The van der Waals surface area contributed by atoms with E-state index in [4.69, 9.17) is 4.74 Å². The summed E-state index contributed by atoms with van der Waals surface area (Å²) in [6, 6.07) is 8.57. The van der Waals surface area contributed by atoms with E-state index >= 15 is 0 Å². The first kappa shape index (κ1) is 21.7. The summed E-state index contributed by atoms with van der Waals surface area (Å²) >= 11 is 7.38. The Bertz CT molecular complexity index is 1070. The SMILES string of the molecule is CCCCCCCCOc1ccc(-n2c3c(c4c2=CC=C(Br)C4)C=C(Br)CC=3)cc1. The highest BCUT2D eigenvalue weighted by Gasteiger charge is 2.19. The zero-order chi connectivity index (χ0) is 20.9. The van der Waals surface area contributed by atoms with Crippen molar-refractivity contribution in [3.8, 4) is 11.4 Å². The average molecular weight is 531 g/mol. The molecule has 158 valence electrons. The molecule has 0 aliphatic heterocycles. The van der Waals surface area contributed by atoms with Crippen LogP contribution in [0.3, 0.4) is 0 Å². The number of unbranched alkanes of at least 4 members (excludes halogenated alkanes) is 5. The van der Waals surface area contributed by atoms with Crippen molar-refractivity contribution in [2.45, 2.75) is 58.3 Å². The highest BCUT2D eigenvalue weighted by molar-refractivity contribution is 9.12.